The smallest absolute Gasteiger partial charge is 0.352 e. The highest BCUT2D eigenvalue weighted by atomic mass is 16.6. The second-order valence-corrected chi connectivity index (χ2v) is 5.51. The second kappa shape index (κ2) is 7.11. The zero-order valence-electron chi connectivity index (χ0n) is 13.8. The number of nitro benzene ring substituents is 2. The van der Waals surface area contributed by atoms with E-state index < -0.39 is 33.3 Å². The molecule has 28 heavy (non-hydrogen) atoms. The number of carboxylic acids is 1. The maximum Gasteiger partial charge on any atom is 0.352 e. The van der Waals surface area contributed by atoms with Crippen molar-refractivity contribution in [2.24, 2.45) is 4.99 Å². The summed E-state index contributed by atoms with van der Waals surface area (Å²) in [6, 6.07) is 5.89. The number of ether oxygens (including phenoxy) is 1. The van der Waals surface area contributed by atoms with Crippen molar-refractivity contribution < 1.29 is 29.3 Å². The van der Waals surface area contributed by atoms with Gasteiger partial charge in [0.2, 0.25) is 5.75 Å². The first-order chi connectivity index (χ1) is 13.3. The Kier molecular flexibility index (Phi) is 4.68. The van der Waals surface area contributed by atoms with Gasteiger partial charge in [0.25, 0.3) is 5.69 Å². The minimum Gasteiger partial charge on any atom is -0.477 e. The van der Waals surface area contributed by atoms with Crippen molar-refractivity contribution in [3.05, 3.63) is 56.6 Å². The predicted octanol–water partition coefficient (Wildman–Crippen LogP) is 2.45. The van der Waals surface area contributed by atoms with E-state index in [9.17, 15) is 29.8 Å². The normalized spacial score (nSPS) is 14.9. The van der Waals surface area contributed by atoms with Crippen LogP contribution in [0.4, 0.5) is 22.7 Å². The summed E-state index contributed by atoms with van der Waals surface area (Å²) in [5.74, 6) is -1.77. The Balaban J connectivity index is 2.08. The Morgan fingerprint density at radius 3 is 2.57 bits per heavy atom. The molecule has 2 aromatic rings. The second-order valence-electron chi connectivity index (χ2n) is 5.51. The van der Waals surface area contributed by atoms with Crippen molar-refractivity contribution >= 4 is 40.7 Å². The molecule has 0 aromatic heterocycles. The van der Waals surface area contributed by atoms with E-state index in [4.69, 9.17) is 9.84 Å². The van der Waals surface area contributed by atoms with E-state index in [0.717, 1.165) is 18.2 Å². The standard InChI is InChI=1S/C16H10N4O8/c21-7-12-15(16(22)23)18-11-6-14(13(20(26)27)5-10(11)17-12)28-9-3-1-2-8(4-9)19(24)25/h1-7,12,17H,(H,22,23). The summed E-state index contributed by atoms with van der Waals surface area (Å²) >= 11 is 0. The number of fused-ring (bicyclic) bond motifs is 1. The monoisotopic (exact) mass is 386 g/mol. The van der Waals surface area contributed by atoms with Crippen LogP contribution in [-0.4, -0.2) is 39.0 Å². The van der Waals surface area contributed by atoms with Gasteiger partial charge in [-0.25, -0.2) is 9.79 Å². The summed E-state index contributed by atoms with van der Waals surface area (Å²) in [5.41, 5.74) is -1.20. The third-order valence-electron chi connectivity index (χ3n) is 3.73. The zero-order chi connectivity index (χ0) is 20.4. The number of carbonyl (C=O) groups is 2. The van der Waals surface area contributed by atoms with Crippen LogP contribution in [0.2, 0.25) is 0 Å². The number of rotatable bonds is 6. The maximum absolute atomic E-state index is 11.4. The first-order valence-corrected chi connectivity index (χ1v) is 7.58. The van der Waals surface area contributed by atoms with Gasteiger partial charge in [-0.05, 0) is 6.07 Å². The highest BCUT2D eigenvalue weighted by molar-refractivity contribution is 6.42. The fraction of sp³-hybridized carbons (Fsp3) is 0.0625. The quantitative estimate of drug-likeness (QED) is 0.429. The number of benzene rings is 2. The number of nitrogens with one attached hydrogen (secondary N) is 1. The van der Waals surface area contributed by atoms with Gasteiger partial charge in [-0.15, -0.1) is 0 Å². The van der Waals surface area contributed by atoms with Gasteiger partial charge in [-0.1, -0.05) is 6.07 Å². The first kappa shape index (κ1) is 18.4. The lowest BCUT2D eigenvalue weighted by Gasteiger charge is -2.21. The van der Waals surface area contributed by atoms with Gasteiger partial charge in [0.15, 0.2) is 5.71 Å². The fourth-order valence-corrected chi connectivity index (χ4v) is 2.49. The largest absolute Gasteiger partial charge is 0.477 e. The molecule has 0 amide bonds. The molecular weight excluding hydrogens is 376 g/mol. The number of non-ortho nitro benzene ring substituents is 1. The number of anilines is 1. The Morgan fingerprint density at radius 1 is 1.21 bits per heavy atom. The van der Waals surface area contributed by atoms with Crippen LogP contribution in [0.25, 0.3) is 0 Å². The summed E-state index contributed by atoms with van der Waals surface area (Å²) in [6.07, 6.45) is 0.315. The molecule has 1 atom stereocenters. The highest BCUT2D eigenvalue weighted by Crippen LogP contribution is 2.42. The van der Waals surface area contributed by atoms with Crippen LogP contribution in [0.5, 0.6) is 11.5 Å². The van der Waals surface area contributed by atoms with Gasteiger partial charge >= 0.3 is 11.7 Å². The first-order valence-electron chi connectivity index (χ1n) is 7.58. The van der Waals surface area contributed by atoms with Gasteiger partial charge in [0.1, 0.15) is 18.1 Å². The zero-order valence-corrected chi connectivity index (χ0v) is 13.8. The highest BCUT2D eigenvalue weighted by Gasteiger charge is 2.30. The molecule has 1 aliphatic rings. The van der Waals surface area contributed by atoms with E-state index in [2.05, 4.69) is 10.3 Å². The number of nitrogens with zero attached hydrogens (tertiary/aromatic N) is 3. The van der Waals surface area contributed by atoms with Crippen LogP contribution in [0.1, 0.15) is 0 Å². The molecule has 1 heterocycles. The SMILES string of the molecule is O=CC1Nc2cc([N+](=O)[O-])c(Oc3cccc([N+](=O)[O-])c3)cc2N=C1C(=O)O. The summed E-state index contributed by atoms with van der Waals surface area (Å²) in [4.78, 5) is 47.0. The van der Waals surface area contributed by atoms with Crippen LogP contribution < -0.4 is 10.1 Å². The Hall–Kier alpha value is -4.35. The van der Waals surface area contributed by atoms with Crippen molar-refractivity contribution in [2.45, 2.75) is 6.04 Å². The molecule has 2 aromatic carbocycles. The van der Waals surface area contributed by atoms with E-state index in [1.54, 1.807) is 0 Å². The van der Waals surface area contributed by atoms with Gasteiger partial charge in [0.05, 0.1) is 27.3 Å². The molecule has 0 saturated carbocycles. The van der Waals surface area contributed by atoms with E-state index in [1.807, 2.05) is 0 Å². The third kappa shape index (κ3) is 3.46. The Bertz CT molecular complexity index is 1050. The summed E-state index contributed by atoms with van der Waals surface area (Å²) in [5, 5.41) is 34.0. The molecule has 0 saturated heterocycles. The molecule has 1 aliphatic heterocycles. The summed E-state index contributed by atoms with van der Waals surface area (Å²) in [7, 11) is 0. The van der Waals surface area contributed by atoms with Gasteiger partial charge in [0, 0.05) is 18.2 Å². The average Bonchev–Trinajstić information content (AvgIpc) is 2.66. The topological polar surface area (TPSA) is 174 Å². The molecule has 0 spiro atoms. The van der Waals surface area contributed by atoms with Crippen molar-refractivity contribution in [3.8, 4) is 11.5 Å². The lowest BCUT2D eigenvalue weighted by molar-refractivity contribution is -0.386. The van der Waals surface area contributed by atoms with E-state index in [0.29, 0.717) is 6.29 Å². The van der Waals surface area contributed by atoms with E-state index in [1.165, 1.54) is 18.2 Å². The van der Waals surface area contributed by atoms with Gasteiger partial charge in [-0.2, -0.15) is 0 Å². The minimum atomic E-state index is -1.44. The number of carboxylic acid groups (broad SMARTS) is 1. The van der Waals surface area contributed by atoms with Crippen molar-refractivity contribution in [2.75, 3.05) is 5.32 Å². The van der Waals surface area contributed by atoms with Crippen LogP contribution in [-0.2, 0) is 9.59 Å². The minimum absolute atomic E-state index is 0.00142. The summed E-state index contributed by atoms with van der Waals surface area (Å²) < 4.78 is 5.42. The number of nitro groups is 2. The number of aliphatic imine (C=N–C) groups is 1. The van der Waals surface area contributed by atoms with Crippen molar-refractivity contribution in [3.63, 3.8) is 0 Å². The summed E-state index contributed by atoms with van der Waals surface area (Å²) in [6.45, 7) is 0. The van der Waals surface area contributed by atoms with Gasteiger partial charge < -0.3 is 20.0 Å². The van der Waals surface area contributed by atoms with Crippen LogP contribution >= 0.6 is 0 Å². The molecule has 142 valence electrons. The Labute approximate surface area is 155 Å². The molecule has 12 nitrogen and oxygen atoms in total. The molecule has 12 heteroatoms. The molecule has 3 rings (SSSR count). The number of hydrogen-bond acceptors (Lipinski definition) is 9. The molecule has 2 N–H and O–H groups in total. The Morgan fingerprint density at radius 2 is 1.96 bits per heavy atom. The molecule has 0 bridgehead atoms. The molecule has 0 aliphatic carbocycles. The molecule has 0 radical (unpaired) electrons. The molecular formula is C16H10N4O8. The maximum atomic E-state index is 11.4. The molecule has 0 fully saturated rings. The lowest BCUT2D eigenvalue weighted by atomic mass is 10.1. The number of hydrogen-bond donors (Lipinski definition) is 2. The lowest BCUT2D eigenvalue weighted by Crippen LogP contribution is -2.38. The van der Waals surface area contributed by atoms with Crippen molar-refractivity contribution in [1.29, 1.82) is 0 Å². The number of carbonyl (C=O) groups excluding carboxylic acids is 1. The molecule has 1 unspecified atom stereocenters. The van der Waals surface area contributed by atoms with Crippen LogP contribution in [0, 0.1) is 20.2 Å². The van der Waals surface area contributed by atoms with Crippen LogP contribution in [0.15, 0.2) is 41.4 Å². The average molecular weight is 386 g/mol. The fourth-order valence-electron chi connectivity index (χ4n) is 2.49. The van der Waals surface area contributed by atoms with Crippen LogP contribution in [0.3, 0.4) is 0 Å². The third-order valence-corrected chi connectivity index (χ3v) is 3.73. The predicted molar refractivity (Wildman–Crippen MR) is 94.5 cm³/mol. The number of aldehydes is 1. The van der Waals surface area contributed by atoms with Gasteiger partial charge in [-0.3, -0.25) is 20.2 Å². The van der Waals surface area contributed by atoms with E-state index in [-0.39, 0.29) is 28.6 Å². The number of aliphatic carboxylic acids is 1. The van der Waals surface area contributed by atoms with Crippen molar-refractivity contribution in [1.82, 2.24) is 0 Å². The van der Waals surface area contributed by atoms with E-state index >= 15 is 0 Å².